The van der Waals surface area contributed by atoms with Crippen LogP contribution in [0.4, 0.5) is 8.78 Å². The summed E-state index contributed by atoms with van der Waals surface area (Å²) in [6.45, 7) is 2.73. The molecular formula is C19H21BrClF2O3PS. The van der Waals surface area contributed by atoms with Gasteiger partial charge in [-0.3, -0.25) is 4.57 Å². The fourth-order valence-corrected chi connectivity index (χ4v) is 5.92. The van der Waals surface area contributed by atoms with Gasteiger partial charge in [0.2, 0.25) is 0 Å². The van der Waals surface area contributed by atoms with Crippen LogP contribution >= 0.6 is 46.9 Å². The van der Waals surface area contributed by atoms with Gasteiger partial charge in [0.1, 0.15) is 0 Å². The highest BCUT2D eigenvalue weighted by molar-refractivity contribution is 9.10. The number of thioether (sulfide) groups is 1. The Balaban J connectivity index is 2.11. The normalized spacial score (nSPS) is 12.4. The molecule has 0 aliphatic carbocycles. The van der Waals surface area contributed by atoms with Crippen LogP contribution in [0.3, 0.4) is 0 Å². The van der Waals surface area contributed by atoms with Crippen LogP contribution in [0.1, 0.15) is 30.5 Å². The molecule has 0 unspecified atom stereocenters. The Morgan fingerprint density at radius 2 is 1.57 bits per heavy atom. The molecule has 0 amide bonds. The summed E-state index contributed by atoms with van der Waals surface area (Å²) >= 11 is 10.7. The summed E-state index contributed by atoms with van der Waals surface area (Å²) in [7, 11) is -4.63. The molecule has 0 aliphatic rings. The molecule has 2 aromatic carbocycles. The molecule has 0 atom stereocenters. The minimum Gasteiger partial charge on any atom is -0.304 e. The van der Waals surface area contributed by atoms with E-state index in [4.69, 9.17) is 20.6 Å². The van der Waals surface area contributed by atoms with E-state index in [2.05, 4.69) is 15.9 Å². The SMILES string of the molecule is CCOP(=O)(OCC)C(F)(F)c1ccc(CSCc2ccc(Cl)cc2)cc1Br. The molecule has 0 bridgehead atoms. The second-order valence-corrected chi connectivity index (χ2v) is 10.2. The van der Waals surface area contributed by atoms with Crippen LogP contribution < -0.4 is 0 Å². The van der Waals surface area contributed by atoms with E-state index in [0.29, 0.717) is 10.8 Å². The second kappa shape index (κ2) is 10.6. The topological polar surface area (TPSA) is 35.5 Å². The lowest BCUT2D eigenvalue weighted by molar-refractivity contribution is 0.0354. The van der Waals surface area contributed by atoms with Gasteiger partial charge >= 0.3 is 13.3 Å². The van der Waals surface area contributed by atoms with E-state index >= 15 is 0 Å². The maximum atomic E-state index is 14.9. The number of benzene rings is 2. The van der Waals surface area contributed by atoms with Crippen LogP contribution in [0.15, 0.2) is 46.9 Å². The predicted molar refractivity (Wildman–Crippen MR) is 115 cm³/mol. The van der Waals surface area contributed by atoms with Gasteiger partial charge in [0.15, 0.2) is 0 Å². The maximum absolute atomic E-state index is 14.9. The molecule has 9 heteroatoms. The van der Waals surface area contributed by atoms with E-state index in [1.807, 2.05) is 24.3 Å². The number of rotatable bonds is 10. The first-order valence-electron chi connectivity index (χ1n) is 8.61. The molecule has 154 valence electrons. The van der Waals surface area contributed by atoms with Gasteiger partial charge in [-0.15, -0.1) is 0 Å². The van der Waals surface area contributed by atoms with E-state index in [1.165, 1.54) is 19.9 Å². The van der Waals surface area contributed by atoms with Crippen molar-refractivity contribution in [2.45, 2.75) is 31.0 Å². The van der Waals surface area contributed by atoms with Crippen LogP contribution in [-0.2, 0) is 30.8 Å². The van der Waals surface area contributed by atoms with Crippen molar-refractivity contribution in [2.24, 2.45) is 0 Å². The third-order valence-electron chi connectivity index (χ3n) is 3.75. The van der Waals surface area contributed by atoms with Crippen molar-refractivity contribution in [2.75, 3.05) is 13.2 Å². The van der Waals surface area contributed by atoms with Gasteiger partial charge in [-0.1, -0.05) is 51.8 Å². The summed E-state index contributed by atoms with van der Waals surface area (Å²) in [6.07, 6.45) is 0. The fraction of sp³-hybridized carbons (Fsp3) is 0.368. The molecule has 0 aliphatic heterocycles. The van der Waals surface area contributed by atoms with E-state index in [9.17, 15) is 13.3 Å². The monoisotopic (exact) mass is 512 g/mol. The van der Waals surface area contributed by atoms with Crippen molar-refractivity contribution in [1.29, 1.82) is 0 Å². The van der Waals surface area contributed by atoms with Crippen LogP contribution in [0.2, 0.25) is 5.02 Å². The molecule has 0 spiro atoms. The summed E-state index contributed by atoms with van der Waals surface area (Å²) in [6, 6.07) is 12.1. The standard InChI is InChI=1S/C19H21BrClF2O3PS/c1-3-25-27(24,26-4-2)19(22,23)17-10-7-15(11-18(17)20)13-28-12-14-5-8-16(21)9-6-14/h5-11H,3-4,12-13H2,1-2H3. The summed E-state index contributed by atoms with van der Waals surface area (Å²) in [5.74, 6) is 1.41. The Labute approximate surface area is 181 Å². The molecule has 0 fully saturated rings. The van der Waals surface area contributed by atoms with Gasteiger partial charge in [-0.25, -0.2) is 0 Å². The van der Waals surface area contributed by atoms with Crippen LogP contribution in [0.25, 0.3) is 0 Å². The highest BCUT2D eigenvalue weighted by Crippen LogP contribution is 2.67. The van der Waals surface area contributed by atoms with Crippen LogP contribution in [-0.4, -0.2) is 13.2 Å². The zero-order chi connectivity index (χ0) is 20.8. The van der Waals surface area contributed by atoms with E-state index < -0.39 is 18.8 Å². The molecule has 0 saturated heterocycles. The lowest BCUT2D eigenvalue weighted by atomic mass is 10.1. The van der Waals surface area contributed by atoms with Gasteiger partial charge in [0, 0.05) is 26.6 Å². The van der Waals surface area contributed by atoms with Gasteiger partial charge in [-0.05, 0) is 43.2 Å². The minimum absolute atomic E-state index is 0.135. The molecule has 0 aromatic heterocycles. The molecule has 0 saturated carbocycles. The Kier molecular flexibility index (Phi) is 8.99. The van der Waals surface area contributed by atoms with E-state index in [-0.39, 0.29) is 17.7 Å². The van der Waals surface area contributed by atoms with Gasteiger partial charge < -0.3 is 9.05 Å². The van der Waals surface area contributed by atoms with Gasteiger partial charge in [-0.2, -0.15) is 20.5 Å². The third-order valence-corrected chi connectivity index (χ3v) is 7.86. The lowest BCUT2D eigenvalue weighted by Crippen LogP contribution is -2.19. The smallest absolute Gasteiger partial charge is 0.304 e. The first-order valence-corrected chi connectivity index (χ1v) is 12.5. The molecule has 0 heterocycles. The second-order valence-electron chi connectivity index (χ2n) is 5.81. The van der Waals surface area contributed by atoms with Crippen LogP contribution in [0.5, 0.6) is 0 Å². The third kappa shape index (κ3) is 5.80. The van der Waals surface area contributed by atoms with Crippen molar-refractivity contribution < 1.29 is 22.4 Å². The minimum atomic E-state index is -4.63. The van der Waals surface area contributed by atoms with Crippen molar-refractivity contribution >= 4 is 46.9 Å². The van der Waals surface area contributed by atoms with Gasteiger partial charge in [0.25, 0.3) is 0 Å². The molecule has 0 N–H and O–H groups in total. The Morgan fingerprint density at radius 3 is 2.11 bits per heavy atom. The zero-order valence-electron chi connectivity index (χ0n) is 15.5. The number of halogens is 4. The molecule has 0 radical (unpaired) electrons. The number of alkyl halides is 2. The first-order chi connectivity index (χ1) is 13.2. The molecular weight excluding hydrogens is 493 g/mol. The molecule has 28 heavy (non-hydrogen) atoms. The summed E-state index contributed by atoms with van der Waals surface area (Å²) < 4.78 is 52.3. The largest absolute Gasteiger partial charge is 0.404 e. The summed E-state index contributed by atoms with van der Waals surface area (Å²) in [5, 5.41) is 0.686. The average Bonchev–Trinajstić information content (AvgIpc) is 2.63. The van der Waals surface area contributed by atoms with Gasteiger partial charge in [0.05, 0.1) is 13.2 Å². The highest BCUT2D eigenvalue weighted by Gasteiger charge is 2.55. The fourth-order valence-electron chi connectivity index (χ4n) is 2.45. The lowest BCUT2D eigenvalue weighted by Gasteiger charge is -2.26. The van der Waals surface area contributed by atoms with Crippen molar-refractivity contribution in [3.05, 3.63) is 68.7 Å². The zero-order valence-corrected chi connectivity index (χ0v) is 19.5. The number of hydrogen-bond acceptors (Lipinski definition) is 4. The highest BCUT2D eigenvalue weighted by atomic mass is 79.9. The Hall–Kier alpha value is -0.430. The average molecular weight is 514 g/mol. The number of hydrogen-bond donors (Lipinski definition) is 0. The molecule has 2 rings (SSSR count). The van der Waals surface area contributed by atoms with Crippen molar-refractivity contribution in [3.63, 3.8) is 0 Å². The molecule has 2 aromatic rings. The Morgan fingerprint density at radius 1 is 1.04 bits per heavy atom. The maximum Gasteiger partial charge on any atom is 0.404 e. The summed E-state index contributed by atoms with van der Waals surface area (Å²) in [4.78, 5) is 0. The first kappa shape index (κ1) is 23.8. The quantitative estimate of drug-likeness (QED) is 0.303. The van der Waals surface area contributed by atoms with E-state index in [1.54, 1.807) is 23.9 Å². The van der Waals surface area contributed by atoms with Crippen molar-refractivity contribution in [3.8, 4) is 0 Å². The van der Waals surface area contributed by atoms with E-state index in [0.717, 1.165) is 16.9 Å². The summed E-state index contributed by atoms with van der Waals surface area (Å²) in [5.41, 5.74) is -2.17. The molecule has 3 nitrogen and oxygen atoms in total. The van der Waals surface area contributed by atoms with Crippen LogP contribution in [0, 0.1) is 0 Å². The van der Waals surface area contributed by atoms with Crippen molar-refractivity contribution in [1.82, 2.24) is 0 Å². The predicted octanol–water partition coefficient (Wildman–Crippen LogP) is 7.85. The Bertz CT molecular complexity index is 826.